The number of sulfonamides is 1. The summed E-state index contributed by atoms with van der Waals surface area (Å²) in [6.45, 7) is 1.93. The number of imidazole rings is 1. The van der Waals surface area contributed by atoms with Crippen LogP contribution in [-0.2, 0) is 14.8 Å². The minimum Gasteiger partial charge on any atom is -0.352 e. The van der Waals surface area contributed by atoms with Crippen LogP contribution in [0.5, 0.6) is 0 Å². The summed E-state index contributed by atoms with van der Waals surface area (Å²) >= 11 is 0. The molecule has 1 fully saturated rings. The monoisotopic (exact) mass is 314 g/mol. The zero-order valence-electron chi connectivity index (χ0n) is 12.4. The van der Waals surface area contributed by atoms with Crippen LogP contribution in [0.3, 0.4) is 0 Å². The molecular weight excluding hydrogens is 292 g/mol. The molecule has 0 radical (unpaired) electrons. The van der Waals surface area contributed by atoms with Crippen molar-refractivity contribution in [2.24, 2.45) is 5.92 Å². The molecule has 1 aromatic rings. The van der Waals surface area contributed by atoms with Gasteiger partial charge < -0.3 is 10.3 Å². The Morgan fingerprint density at radius 2 is 2.19 bits per heavy atom. The number of nitrogens with one attached hydrogen (secondary N) is 2. The number of carbonyl (C=O) groups excluding carboxylic acids is 1. The van der Waals surface area contributed by atoms with E-state index in [1.54, 1.807) is 0 Å². The first kappa shape index (κ1) is 16.0. The van der Waals surface area contributed by atoms with Crippen molar-refractivity contribution in [3.63, 3.8) is 0 Å². The lowest BCUT2D eigenvalue weighted by molar-refractivity contribution is -0.122. The summed E-state index contributed by atoms with van der Waals surface area (Å²) in [4.78, 5) is 18.3. The van der Waals surface area contributed by atoms with E-state index in [9.17, 15) is 13.2 Å². The molecule has 1 heterocycles. The van der Waals surface area contributed by atoms with E-state index in [0.29, 0.717) is 5.92 Å². The molecule has 1 aliphatic rings. The molecule has 8 heteroatoms. The van der Waals surface area contributed by atoms with Crippen LogP contribution in [0.15, 0.2) is 17.6 Å². The van der Waals surface area contributed by atoms with Gasteiger partial charge in [0.25, 0.3) is 10.0 Å². The van der Waals surface area contributed by atoms with Gasteiger partial charge in [-0.2, -0.15) is 4.31 Å². The van der Waals surface area contributed by atoms with Gasteiger partial charge in [0, 0.05) is 13.1 Å². The van der Waals surface area contributed by atoms with Gasteiger partial charge in [-0.3, -0.25) is 4.79 Å². The quantitative estimate of drug-likeness (QED) is 0.837. The number of aromatic amines is 1. The summed E-state index contributed by atoms with van der Waals surface area (Å²) in [5.74, 6) is 0.177. The van der Waals surface area contributed by atoms with E-state index in [1.807, 2.05) is 0 Å². The van der Waals surface area contributed by atoms with Crippen molar-refractivity contribution in [3.05, 3.63) is 12.5 Å². The number of likely N-dealkylation sites (N-methyl/N-ethyl adjacent to an activating group) is 1. The Morgan fingerprint density at radius 3 is 2.81 bits per heavy atom. The van der Waals surface area contributed by atoms with Crippen LogP contribution < -0.4 is 5.32 Å². The van der Waals surface area contributed by atoms with E-state index in [1.165, 1.54) is 26.0 Å². The molecule has 2 N–H and O–H groups in total. The average molecular weight is 314 g/mol. The number of H-pyrrole nitrogens is 1. The molecule has 0 spiro atoms. The highest BCUT2D eigenvalue weighted by Gasteiger charge is 2.27. The third kappa shape index (κ3) is 3.82. The molecule has 118 valence electrons. The third-order valence-corrected chi connectivity index (χ3v) is 5.71. The molecule has 0 aromatic carbocycles. The largest absolute Gasteiger partial charge is 0.352 e. The molecule has 1 aromatic heterocycles. The molecular formula is C13H22N4O3S. The molecule has 0 bridgehead atoms. The fraction of sp³-hybridized carbons (Fsp3) is 0.692. The Labute approximate surface area is 125 Å². The lowest BCUT2D eigenvalue weighted by Crippen LogP contribution is -2.46. The highest BCUT2D eigenvalue weighted by Crippen LogP contribution is 2.23. The van der Waals surface area contributed by atoms with Crippen molar-refractivity contribution in [2.75, 3.05) is 13.6 Å². The maximum atomic E-state index is 12.2. The van der Waals surface area contributed by atoms with Crippen molar-refractivity contribution in [2.45, 2.75) is 43.7 Å². The van der Waals surface area contributed by atoms with Crippen LogP contribution in [0.4, 0.5) is 0 Å². The standard InChI is InChI=1S/C13H22N4O3S/c1-10-5-3-4-6-11(10)16-12(18)8-17(2)21(19,20)13-7-14-9-15-13/h7,9-11H,3-6,8H2,1-2H3,(H,14,15)(H,16,18)/t10-,11+/m1/s1. The van der Waals surface area contributed by atoms with E-state index < -0.39 is 10.0 Å². The second kappa shape index (κ2) is 6.57. The zero-order chi connectivity index (χ0) is 15.5. The third-order valence-electron chi connectivity index (χ3n) is 3.99. The minimum absolute atomic E-state index is 0.0103. The number of amides is 1. The van der Waals surface area contributed by atoms with Crippen molar-refractivity contribution in [1.82, 2.24) is 19.6 Å². The van der Waals surface area contributed by atoms with Crippen LogP contribution in [-0.4, -0.2) is 48.2 Å². The molecule has 0 aliphatic heterocycles. The molecule has 2 rings (SSSR count). The Hall–Kier alpha value is -1.41. The Bertz CT molecular complexity index is 570. The maximum Gasteiger partial charge on any atom is 0.260 e. The first-order valence-electron chi connectivity index (χ1n) is 7.15. The van der Waals surface area contributed by atoms with Crippen LogP contribution in [0.25, 0.3) is 0 Å². The smallest absolute Gasteiger partial charge is 0.260 e. The summed E-state index contributed by atoms with van der Waals surface area (Å²) in [6.07, 6.45) is 6.90. The van der Waals surface area contributed by atoms with Gasteiger partial charge >= 0.3 is 0 Å². The lowest BCUT2D eigenvalue weighted by atomic mass is 9.86. The lowest BCUT2D eigenvalue weighted by Gasteiger charge is -2.30. The molecule has 7 nitrogen and oxygen atoms in total. The van der Waals surface area contributed by atoms with Crippen molar-refractivity contribution in [1.29, 1.82) is 0 Å². The molecule has 0 unspecified atom stereocenters. The number of hydrogen-bond acceptors (Lipinski definition) is 4. The van der Waals surface area contributed by atoms with Crippen LogP contribution in [0.1, 0.15) is 32.6 Å². The Kier molecular flexibility index (Phi) is 5.00. The van der Waals surface area contributed by atoms with Crippen molar-refractivity contribution < 1.29 is 13.2 Å². The number of rotatable bonds is 5. The first-order chi connectivity index (χ1) is 9.91. The topological polar surface area (TPSA) is 95.2 Å². The van der Waals surface area contributed by atoms with Crippen molar-refractivity contribution >= 4 is 15.9 Å². The summed E-state index contributed by atoms with van der Waals surface area (Å²) in [7, 11) is -2.30. The van der Waals surface area contributed by atoms with Crippen LogP contribution in [0.2, 0.25) is 0 Å². The van der Waals surface area contributed by atoms with Gasteiger partial charge in [0.05, 0.1) is 19.1 Å². The zero-order valence-corrected chi connectivity index (χ0v) is 13.2. The van der Waals surface area contributed by atoms with E-state index in [-0.39, 0.29) is 23.5 Å². The van der Waals surface area contributed by atoms with Gasteiger partial charge in [0.15, 0.2) is 5.03 Å². The summed E-state index contributed by atoms with van der Waals surface area (Å²) in [5, 5.41) is 2.94. The predicted molar refractivity (Wildman–Crippen MR) is 78.0 cm³/mol. The van der Waals surface area contributed by atoms with Gasteiger partial charge in [0.2, 0.25) is 5.91 Å². The average Bonchev–Trinajstić information content (AvgIpc) is 2.96. The number of carbonyl (C=O) groups is 1. The van der Waals surface area contributed by atoms with Crippen LogP contribution >= 0.6 is 0 Å². The summed E-state index contributed by atoms with van der Waals surface area (Å²) in [6, 6.07) is 0.148. The van der Waals surface area contributed by atoms with Crippen molar-refractivity contribution in [3.8, 4) is 0 Å². The van der Waals surface area contributed by atoms with E-state index in [4.69, 9.17) is 0 Å². The van der Waals surface area contributed by atoms with Gasteiger partial charge in [-0.25, -0.2) is 13.4 Å². The Balaban J connectivity index is 1.93. The van der Waals surface area contributed by atoms with E-state index in [0.717, 1.165) is 23.6 Å². The summed E-state index contributed by atoms with van der Waals surface area (Å²) < 4.78 is 25.4. The normalized spacial score (nSPS) is 23.2. The molecule has 2 atom stereocenters. The van der Waals surface area contributed by atoms with Crippen LogP contribution in [0, 0.1) is 5.92 Å². The molecule has 1 saturated carbocycles. The highest BCUT2D eigenvalue weighted by atomic mass is 32.2. The fourth-order valence-corrected chi connectivity index (χ4v) is 3.64. The minimum atomic E-state index is -3.69. The second-order valence-electron chi connectivity index (χ2n) is 5.61. The van der Waals surface area contributed by atoms with Gasteiger partial charge in [-0.15, -0.1) is 0 Å². The first-order valence-corrected chi connectivity index (χ1v) is 8.59. The number of aromatic nitrogens is 2. The number of nitrogens with zero attached hydrogens (tertiary/aromatic N) is 2. The maximum absolute atomic E-state index is 12.2. The van der Waals surface area contributed by atoms with Gasteiger partial charge in [0.1, 0.15) is 0 Å². The number of hydrogen-bond donors (Lipinski definition) is 2. The van der Waals surface area contributed by atoms with Gasteiger partial charge in [-0.1, -0.05) is 19.8 Å². The molecule has 1 amide bonds. The SMILES string of the molecule is C[C@@H]1CCCC[C@@H]1NC(=O)CN(C)S(=O)(=O)c1cnc[nH]1. The molecule has 21 heavy (non-hydrogen) atoms. The molecule has 1 aliphatic carbocycles. The second-order valence-corrected chi connectivity index (χ2v) is 7.63. The predicted octanol–water partition coefficient (Wildman–Crippen LogP) is 0.725. The van der Waals surface area contributed by atoms with Gasteiger partial charge in [-0.05, 0) is 18.8 Å². The van der Waals surface area contributed by atoms with E-state index in [2.05, 4.69) is 22.2 Å². The Morgan fingerprint density at radius 1 is 1.48 bits per heavy atom. The molecule has 0 saturated heterocycles. The van der Waals surface area contributed by atoms with E-state index >= 15 is 0 Å². The highest BCUT2D eigenvalue weighted by molar-refractivity contribution is 7.89. The summed E-state index contributed by atoms with van der Waals surface area (Å²) in [5.41, 5.74) is 0. The fourth-order valence-electron chi connectivity index (χ4n) is 2.62.